The molecule has 1 amide bonds. The predicted octanol–water partition coefficient (Wildman–Crippen LogP) is -2.20. The van der Waals surface area contributed by atoms with E-state index in [4.69, 9.17) is 9.47 Å². The first-order valence-corrected chi connectivity index (χ1v) is 15.6. The third kappa shape index (κ3) is 6.48. The monoisotopic (exact) mass is 650 g/mol. The van der Waals surface area contributed by atoms with Crippen molar-refractivity contribution in [1.29, 1.82) is 0 Å². The smallest absolute Gasteiger partial charge is 0.222 e. The molecule has 10 atom stereocenters. The largest absolute Gasteiger partial charge is 0.394 e. The summed E-state index contributed by atoms with van der Waals surface area (Å²) in [6.45, 7) is 0.535. The number of hydrogen-bond acceptors (Lipinski definition) is 11. The number of hydrogen-bond donors (Lipinski definition) is 8. The number of carbonyl (C=O) groups is 1. The third-order valence-corrected chi connectivity index (χ3v) is 9.13. The lowest BCUT2D eigenvalue weighted by Gasteiger charge is -2.37. The van der Waals surface area contributed by atoms with Crippen LogP contribution in [-0.4, -0.2) is 144 Å². The van der Waals surface area contributed by atoms with E-state index in [-0.39, 0.29) is 5.91 Å². The number of aliphatic hydroxyl groups excluding tert-OH is 8. The minimum absolute atomic E-state index is 0.0999. The summed E-state index contributed by atoms with van der Waals surface area (Å²) in [4.78, 5) is 14.2. The number of rotatable bonds is 5. The second-order valence-corrected chi connectivity index (χ2v) is 12.1. The Morgan fingerprint density at radius 1 is 0.681 bits per heavy atom. The molecule has 13 heteroatoms. The summed E-state index contributed by atoms with van der Waals surface area (Å²) >= 11 is 0. The molecular formula is C34H38N2O11. The van der Waals surface area contributed by atoms with Crippen LogP contribution < -0.4 is 0 Å². The van der Waals surface area contributed by atoms with E-state index in [1.165, 1.54) is 0 Å². The molecule has 0 aliphatic carbocycles. The number of benzene rings is 2. The summed E-state index contributed by atoms with van der Waals surface area (Å²) in [7, 11) is 0. The Morgan fingerprint density at radius 2 is 1.17 bits per heavy atom. The van der Waals surface area contributed by atoms with Gasteiger partial charge in [0.15, 0.2) is 0 Å². The molecule has 3 aliphatic heterocycles. The number of aromatic nitrogens is 1. The van der Waals surface area contributed by atoms with Crippen molar-refractivity contribution in [2.24, 2.45) is 0 Å². The highest BCUT2D eigenvalue weighted by Crippen LogP contribution is 2.31. The van der Waals surface area contributed by atoms with Crippen LogP contribution in [-0.2, 0) is 20.8 Å². The molecule has 4 heterocycles. The fourth-order valence-corrected chi connectivity index (χ4v) is 6.40. The minimum atomic E-state index is -1.53. The van der Waals surface area contributed by atoms with Crippen molar-refractivity contribution in [2.45, 2.75) is 80.4 Å². The first kappa shape index (κ1) is 33.3. The Balaban J connectivity index is 1.35. The second kappa shape index (κ2) is 13.9. The molecule has 1 aromatic heterocycles. The standard InChI is InChI=1S/C34H38N2O11/c37-16-26-31(42)33(44)29(40)24(46-26)9-5-18-3-7-20-21-8-4-19(6-10-25-30(41)34(45)32(43)27(17-38)47-25)15-23(21)36(22(20)14-18)13-12-35-11-1-2-28(35)39/h3-4,7-8,14-15,24-27,29-34,37-38,40-45H,1-2,11-13,16-17H2/t24-,25-,26-,27-,29-,30-,31-,32-,33-,34-/m1/s1. The topological polar surface area (TPSA) is 206 Å². The van der Waals surface area contributed by atoms with Gasteiger partial charge in [0.2, 0.25) is 5.91 Å². The van der Waals surface area contributed by atoms with Crippen molar-refractivity contribution in [1.82, 2.24) is 9.47 Å². The number of nitrogens with zero attached hydrogens (tertiary/aromatic N) is 2. The second-order valence-electron chi connectivity index (χ2n) is 12.1. The van der Waals surface area contributed by atoms with E-state index in [9.17, 15) is 45.6 Å². The summed E-state index contributed by atoms with van der Waals surface area (Å²) in [5.41, 5.74) is 2.81. The summed E-state index contributed by atoms with van der Waals surface area (Å²) in [6, 6.07) is 11.2. The summed E-state index contributed by atoms with van der Waals surface area (Å²) in [5, 5.41) is 82.0. The van der Waals surface area contributed by atoms with Crippen molar-refractivity contribution in [3.05, 3.63) is 47.5 Å². The van der Waals surface area contributed by atoms with Gasteiger partial charge in [-0.1, -0.05) is 35.8 Å². The molecule has 3 saturated heterocycles. The fraction of sp³-hybridized carbons (Fsp3) is 0.500. The van der Waals surface area contributed by atoms with Crippen LogP contribution >= 0.6 is 0 Å². The van der Waals surface area contributed by atoms with Crippen LogP contribution in [0.15, 0.2) is 36.4 Å². The highest BCUT2D eigenvalue weighted by atomic mass is 16.5. The minimum Gasteiger partial charge on any atom is -0.394 e. The summed E-state index contributed by atoms with van der Waals surface area (Å²) in [6.07, 6.45) is -12.1. The van der Waals surface area contributed by atoms with Gasteiger partial charge in [0.25, 0.3) is 0 Å². The molecule has 0 unspecified atom stereocenters. The fourth-order valence-electron chi connectivity index (χ4n) is 6.40. The first-order chi connectivity index (χ1) is 22.6. The average Bonchev–Trinajstić information content (AvgIpc) is 3.63. The maximum Gasteiger partial charge on any atom is 0.222 e. The lowest BCUT2D eigenvalue weighted by atomic mass is 9.95. The third-order valence-electron chi connectivity index (χ3n) is 9.13. The number of ether oxygens (including phenoxy) is 2. The zero-order valence-corrected chi connectivity index (χ0v) is 25.4. The van der Waals surface area contributed by atoms with Crippen LogP contribution in [0.5, 0.6) is 0 Å². The van der Waals surface area contributed by atoms with Gasteiger partial charge in [-0.05, 0) is 30.7 Å². The molecular weight excluding hydrogens is 612 g/mol. The molecule has 3 fully saturated rings. The van der Waals surface area contributed by atoms with E-state index in [0.29, 0.717) is 37.2 Å². The first-order valence-electron chi connectivity index (χ1n) is 15.6. The number of fused-ring (bicyclic) bond motifs is 3. The zero-order valence-electron chi connectivity index (χ0n) is 25.4. The molecule has 0 bridgehead atoms. The highest BCUT2D eigenvalue weighted by Gasteiger charge is 2.43. The molecule has 250 valence electrons. The molecule has 47 heavy (non-hydrogen) atoms. The molecule has 0 radical (unpaired) electrons. The maximum atomic E-state index is 12.4. The van der Waals surface area contributed by atoms with Crippen molar-refractivity contribution in [3.8, 4) is 23.7 Å². The Bertz CT molecular complexity index is 1640. The van der Waals surface area contributed by atoms with E-state index in [0.717, 1.165) is 28.2 Å². The Kier molecular flexibility index (Phi) is 9.85. The van der Waals surface area contributed by atoms with Gasteiger partial charge in [-0.25, -0.2) is 0 Å². The van der Waals surface area contributed by atoms with Crippen molar-refractivity contribution in [2.75, 3.05) is 26.3 Å². The molecule has 13 nitrogen and oxygen atoms in total. The van der Waals surface area contributed by atoms with E-state index in [1.807, 2.05) is 29.2 Å². The van der Waals surface area contributed by atoms with Crippen LogP contribution in [0, 0.1) is 23.7 Å². The van der Waals surface area contributed by atoms with E-state index < -0.39 is 74.3 Å². The number of carbonyl (C=O) groups excluding carboxylic acids is 1. The van der Waals surface area contributed by atoms with Crippen molar-refractivity contribution >= 4 is 27.7 Å². The SMILES string of the molecule is O=C1CCCN1CCn1c2cc(C#C[C@H]3O[C@H](CO)[C@@H](O)[C@H](O)[C@@H]3O)ccc2c2ccc(C#C[C@H]3O[C@H](CO)[C@@H](O)[C@H](O)[C@@H]3O)cc21. The lowest BCUT2D eigenvalue weighted by molar-refractivity contribution is -0.214. The molecule has 0 spiro atoms. The van der Waals surface area contributed by atoms with Gasteiger partial charge >= 0.3 is 0 Å². The number of amides is 1. The highest BCUT2D eigenvalue weighted by molar-refractivity contribution is 6.08. The molecule has 8 N–H and O–H groups in total. The predicted molar refractivity (Wildman–Crippen MR) is 167 cm³/mol. The molecule has 0 saturated carbocycles. The Hall–Kier alpha value is -3.57. The number of aliphatic hydroxyl groups is 8. The van der Waals surface area contributed by atoms with Gasteiger partial charge in [0.05, 0.1) is 24.2 Å². The van der Waals surface area contributed by atoms with Crippen LogP contribution in [0.3, 0.4) is 0 Å². The Morgan fingerprint density at radius 3 is 1.60 bits per heavy atom. The molecule has 3 aliphatic rings. The molecule has 2 aromatic carbocycles. The van der Waals surface area contributed by atoms with Crippen LogP contribution in [0.2, 0.25) is 0 Å². The van der Waals surface area contributed by atoms with E-state index >= 15 is 0 Å². The van der Waals surface area contributed by atoms with E-state index in [2.05, 4.69) is 28.2 Å². The molecule has 6 rings (SSSR count). The van der Waals surface area contributed by atoms with E-state index in [1.54, 1.807) is 12.1 Å². The van der Waals surface area contributed by atoms with Gasteiger partial charge in [-0.15, -0.1) is 0 Å². The quantitative estimate of drug-likeness (QED) is 0.139. The van der Waals surface area contributed by atoms with Crippen LogP contribution in [0.1, 0.15) is 24.0 Å². The van der Waals surface area contributed by atoms with Gasteiger partial charge in [-0.3, -0.25) is 4.79 Å². The zero-order chi connectivity index (χ0) is 33.4. The van der Waals surface area contributed by atoms with Gasteiger partial charge < -0.3 is 59.8 Å². The summed E-state index contributed by atoms with van der Waals surface area (Å²) < 4.78 is 13.1. The Labute approximate surface area is 270 Å². The summed E-state index contributed by atoms with van der Waals surface area (Å²) in [5.74, 6) is 11.7. The normalized spacial score (nSPS) is 32.7. The molecule has 3 aromatic rings. The van der Waals surface area contributed by atoms with Gasteiger partial charge in [0.1, 0.15) is 61.0 Å². The average molecular weight is 651 g/mol. The van der Waals surface area contributed by atoms with Crippen LogP contribution in [0.25, 0.3) is 21.8 Å². The van der Waals surface area contributed by atoms with Crippen molar-refractivity contribution in [3.63, 3.8) is 0 Å². The van der Waals surface area contributed by atoms with Crippen LogP contribution in [0.4, 0.5) is 0 Å². The van der Waals surface area contributed by atoms with Gasteiger partial charge in [-0.2, -0.15) is 0 Å². The van der Waals surface area contributed by atoms with Crippen molar-refractivity contribution < 1.29 is 55.1 Å². The lowest BCUT2D eigenvalue weighted by Crippen LogP contribution is -2.58. The van der Waals surface area contributed by atoms with Gasteiger partial charge in [0, 0.05) is 48.0 Å². The number of likely N-dealkylation sites (tertiary alicyclic amines) is 1. The maximum absolute atomic E-state index is 12.4.